The van der Waals surface area contributed by atoms with Crippen LogP contribution in [0.4, 0.5) is 5.69 Å². The topological polar surface area (TPSA) is 122 Å². The van der Waals surface area contributed by atoms with Crippen molar-refractivity contribution in [2.75, 3.05) is 18.3 Å². The first kappa shape index (κ1) is 17.6. The molecular weight excluding hydrogens is 354 g/mol. The third kappa shape index (κ3) is 4.26. The van der Waals surface area contributed by atoms with Gasteiger partial charge in [-0.25, -0.2) is 8.42 Å². The Labute approximate surface area is 143 Å². The van der Waals surface area contributed by atoms with Crippen LogP contribution in [-0.2, 0) is 37.3 Å². The zero-order valence-corrected chi connectivity index (χ0v) is 14.1. The molecule has 0 amide bonds. The fraction of sp³-hybridized carbons (Fsp3) is 0.533. The van der Waals surface area contributed by atoms with Crippen LogP contribution in [0.25, 0.3) is 0 Å². The molecule has 2 aliphatic heterocycles. The van der Waals surface area contributed by atoms with E-state index in [1.54, 1.807) is 0 Å². The number of esters is 1. The lowest BCUT2D eigenvalue weighted by Crippen LogP contribution is -2.16. The standard InChI is InChI=1S/C15H17NO8S/c17-14(3-10-1-2-25(20,21)8-10)23-7-12-5-13(16(18)19)4-11-6-22-9-24-15(11)12/h4-5,10H,1-3,6-9H2/t10-/m0/s1. The molecule has 0 aromatic heterocycles. The number of non-ortho nitro benzene ring substituents is 1. The summed E-state index contributed by atoms with van der Waals surface area (Å²) in [6, 6.07) is 2.67. The Morgan fingerprint density at radius 3 is 2.88 bits per heavy atom. The Bertz CT molecular complexity index is 804. The lowest BCUT2D eigenvalue weighted by molar-refractivity contribution is -0.385. The smallest absolute Gasteiger partial charge is 0.306 e. The van der Waals surface area contributed by atoms with E-state index >= 15 is 0 Å². The van der Waals surface area contributed by atoms with E-state index in [1.165, 1.54) is 12.1 Å². The molecule has 1 aromatic rings. The van der Waals surface area contributed by atoms with Crippen LogP contribution in [0.15, 0.2) is 12.1 Å². The minimum atomic E-state index is -3.05. The summed E-state index contributed by atoms with van der Waals surface area (Å²) in [4.78, 5) is 22.4. The van der Waals surface area contributed by atoms with Gasteiger partial charge in [0.2, 0.25) is 0 Å². The minimum Gasteiger partial charge on any atom is -0.467 e. The number of rotatable bonds is 5. The van der Waals surface area contributed by atoms with Gasteiger partial charge in [0.1, 0.15) is 12.4 Å². The van der Waals surface area contributed by atoms with Gasteiger partial charge in [-0.1, -0.05) is 0 Å². The highest BCUT2D eigenvalue weighted by atomic mass is 32.2. The largest absolute Gasteiger partial charge is 0.467 e. The van der Waals surface area contributed by atoms with E-state index in [0.717, 1.165) is 0 Å². The van der Waals surface area contributed by atoms with Gasteiger partial charge in [-0.05, 0) is 12.3 Å². The van der Waals surface area contributed by atoms with Crippen molar-refractivity contribution in [2.24, 2.45) is 5.92 Å². The number of nitro groups is 1. The Hall–Kier alpha value is -2.20. The fourth-order valence-corrected chi connectivity index (χ4v) is 4.84. The number of sulfone groups is 1. The van der Waals surface area contributed by atoms with E-state index in [4.69, 9.17) is 14.2 Å². The molecule has 2 heterocycles. The summed E-state index contributed by atoms with van der Waals surface area (Å²) in [5, 5.41) is 11.0. The van der Waals surface area contributed by atoms with Crippen molar-refractivity contribution in [3.8, 4) is 5.75 Å². The maximum atomic E-state index is 12.0. The summed E-state index contributed by atoms with van der Waals surface area (Å²) in [5.41, 5.74) is 0.772. The van der Waals surface area contributed by atoms with Crippen molar-refractivity contribution in [2.45, 2.75) is 26.1 Å². The van der Waals surface area contributed by atoms with Gasteiger partial charge in [0, 0.05) is 29.7 Å². The molecule has 0 saturated carbocycles. The summed E-state index contributed by atoms with van der Waals surface area (Å²) >= 11 is 0. The molecule has 0 bridgehead atoms. The number of fused-ring (bicyclic) bond motifs is 1. The van der Waals surface area contributed by atoms with E-state index < -0.39 is 20.7 Å². The summed E-state index contributed by atoms with van der Waals surface area (Å²) in [6.07, 6.45) is 0.463. The number of benzene rings is 1. The van der Waals surface area contributed by atoms with Crippen LogP contribution in [-0.4, -0.2) is 37.6 Å². The zero-order chi connectivity index (χ0) is 18.0. The normalized spacial score (nSPS) is 21.2. The van der Waals surface area contributed by atoms with E-state index in [0.29, 0.717) is 23.3 Å². The second kappa shape index (κ2) is 6.96. The second-order valence-electron chi connectivity index (χ2n) is 6.09. The summed E-state index contributed by atoms with van der Waals surface area (Å²) < 4.78 is 38.5. The van der Waals surface area contributed by atoms with E-state index in [2.05, 4.69) is 0 Å². The Morgan fingerprint density at radius 2 is 2.20 bits per heavy atom. The van der Waals surface area contributed by atoms with Crippen LogP contribution in [0, 0.1) is 16.0 Å². The SMILES string of the molecule is O=C(C[C@@H]1CCS(=O)(=O)C1)OCc1cc([N+](=O)[O-])cc2c1OCOC2. The molecule has 0 radical (unpaired) electrons. The average molecular weight is 371 g/mol. The predicted octanol–water partition coefficient (Wildman–Crippen LogP) is 1.33. The van der Waals surface area contributed by atoms with E-state index in [1.807, 2.05) is 0 Å². The highest BCUT2D eigenvalue weighted by Gasteiger charge is 2.30. The average Bonchev–Trinajstić information content (AvgIpc) is 2.90. The lowest BCUT2D eigenvalue weighted by atomic mass is 10.1. The number of nitro benzene ring substituents is 1. The molecule has 0 N–H and O–H groups in total. The third-order valence-electron chi connectivity index (χ3n) is 4.15. The third-order valence-corrected chi connectivity index (χ3v) is 5.99. The van der Waals surface area contributed by atoms with Crippen LogP contribution >= 0.6 is 0 Å². The van der Waals surface area contributed by atoms with Crippen molar-refractivity contribution in [1.29, 1.82) is 0 Å². The van der Waals surface area contributed by atoms with Gasteiger partial charge in [-0.2, -0.15) is 0 Å². The van der Waals surface area contributed by atoms with Gasteiger partial charge < -0.3 is 14.2 Å². The molecule has 3 rings (SSSR count). The summed E-state index contributed by atoms with van der Waals surface area (Å²) in [5.74, 6) is -0.255. The number of ether oxygens (including phenoxy) is 3. The second-order valence-corrected chi connectivity index (χ2v) is 8.32. The van der Waals surface area contributed by atoms with E-state index in [-0.39, 0.29) is 49.5 Å². The lowest BCUT2D eigenvalue weighted by Gasteiger charge is -2.20. The van der Waals surface area contributed by atoms with Crippen molar-refractivity contribution >= 4 is 21.5 Å². The van der Waals surface area contributed by atoms with Gasteiger partial charge >= 0.3 is 5.97 Å². The molecule has 1 atom stereocenters. The molecule has 0 spiro atoms. The molecule has 136 valence electrons. The van der Waals surface area contributed by atoms with Crippen molar-refractivity contribution in [1.82, 2.24) is 0 Å². The van der Waals surface area contributed by atoms with Gasteiger partial charge in [-0.3, -0.25) is 14.9 Å². The highest BCUT2D eigenvalue weighted by Crippen LogP contribution is 2.33. The van der Waals surface area contributed by atoms with Gasteiger partial charge in [0.15, 0.2) is 16.6 Å². The number of carbonyl (C=O) groups is 1. The maximum Gasteiger partial charge on any atom is 0.306 e. The molecule has 0 unspecified atom stereocenters. The summed E-state index contributed by atoms with van der Waals surface area (Å²) in [6.45, 7) is 0.0197. The first-order valence-corrected chi connectivity index (χ1v) is 9.53. The first-order chi connectivity index (χ1) is 11.8. The molecule has 1 saturated heterocycles. The molecule has 1 fully saturated rings. The molecule has 25 heavy (non-hydrogen) atoms. The van der Waals surface area contributed by atoms with Gasteiger partial charge in [0.25, 0.3) is 5.69 Å². The Kier molecular flexibility index (Phi) is 4.91. The zero-order valence-electron chi connectivity index (χ0n) is 13.3. The highest BCUT2D eigenvalue weighted by molar-refractivity contribution is 7.91. The Morgan fingerprint density at radius 1 is 1.40 bits per heavy atom. The monoisotopic (exact) mass is 371 g/mol. The van der Waals surface area contributed by atoms with Gasteiger partial charge in [0.05, 0.1) is 23.0 Å². The van der Waals surface area contributed by atoms with Crippen LogP contribution < -0.4 is 4.74 Å². The molecule has 10 heteroatoms. The van der Waals surface area contributed by atoms with Crippen LogP contribution in [0.3, 0.4) is 0 Å². The quantitative estimate of drug-likeness (QED) is 0.431. The Balaban J connectivity index is 1.67. The van der Waals surface area contributed by atoms with Crippen LogP contribution in [0.1, 0.15) is 24.0 Å². The number of nitrogens with zero attached hydrogens (tertiary/aromatic N) is 1. The number of hydrogen-bond donors (Lipinski definition) is 0. The van der Waals surface area contributed by atoms with E-state index in [9.17, 15) is 23.3 Å². The van der Waals surface area contributed by atoms with Crippen molar-refractivity contribution in [3.05, 3.63) is 33.4 Å². The van der Waals surface area contributed by atoms with Gasteiger partial charge in [-0.15, -0.1) is 0 Å². The first-order valence-electron chi connectivity index (χ1n) is 7.71. The number of hydrogen-bond acceptors (Lipinski definition) is 8. The molecular formula is C15H17NO8S. The van der Waals surface area contributed by atoms with Crippen molar-refractivity contribution in [3.63, 3.8) is 0 Å². The number of carbonyl (C=O) groups excluding carboxylic acids is 1. The van der Waals surface area contributed by atoms with Crippen molar-refractivity contribution < 1.29 is 32.3 Å². The molecule has 0 aliphatic carbocycles. The minimum absolute atomic E-state index is 0.00520. The maximum absolute atomic E-state index is 12.0. The molecule has 9 nitrogen and oxygen atoms in total. The summed E-state index contributed by atoms with van der Waals surface area (Å²) in [7, 11) is -3.05. The fourth-order valence-electron chi connectivity index (χ4n) is 2.98. The van der Waals surface area contributed by atoms with Crippen LogP contribution in [0.5, 0.6) is 5.75 Å². The van der Waals surface area contributed by atoms with Crippen LogP contribution in [0.2, 0.25) is 0 Å². The predicted molar refractivity (Wildman–Crippen MR) is 84.6 cm³/mol. The molecule has 1 aromatic carbocycles. The molecule has 2 aliphatic rings.